The van der Waals surface area contributed by atoms with E-state index in [9.17, 15) is 0 Å². The summed E-state index contributed by atoms with van der Waals surface area (Å²) in [6.07, 6.45) is 6.71. The van der Waals surface area contributed by atoms with Crippen molar-refractivity contribution in [2.45, 2.75) is 13.3 Å². The van der Waals surface area contributed by atoms with Gasteiger partial charge in [-0.15, -0.1) is 0 Å². The number of thiol groups is 1. The minimum atomic E-state index is 0.397. The van der Waals surface area contributed by atoms with Crippen molar-refractivity contribution >= 4 is 30.2 Å². The van der Waals surface area contributed by atoms with Gasteiger partial charge < -0.3 is 11.5 Å². The van der Waals surface area contributed by atoms with Crippen molar-refractivity contribution in [3.05, 3.63) is 23.4 Å². The van der Waals surface area contributed by atoms with Crippen LogP contribution >= 0.6 is 12.6 Å². The average Bonchev–Trinajstić information content (AvgIpc) is 2.18. The van der Waals surface area contributed by atoms with Crippen LogP contribution in [-0.4, -0.2) is 10.7 Å². The second-order valence-corrected chi connectivity index (χ2v) is 3.50. The Hall–Kier alpha value is -1.16. The van der Waals surface area contributed by atoms with Crippen molar-refractivity contribution < 1.29 is 0 Å². The first-order valence-corrected chi connectivity index (χ1v) is 5.08. The molecular formula is C10H15N3S. The summed E-state index contributed by atoms with van der Waals surface area (Å²) in [6.45, 7) is 1.94. The van der Waals surface area contributed by atoms with Crippen molar-refractivity contribution in [3.8, 4) is 0 Å². The van der Waals surface area contributed by atoms with E-state index in [2.05, 4.69) is 17.6 Å². The van der Waals surface area contributed by atoms with E-state index in [1.54, 1.807) is 6.20 Å². The summed E-state index contributed by atoms with van der Waals surface area (Å²) < 4.78 is 0. The Morgan fingerprint density at radius 2 is 2.21 bits per heavy atom. The molecule has 1 heterocycles. The molecule has 4 heteroatoms. The van der Waals surface area contributed by atoms with Crippen LogP contribution in [0.4, 0.5) is 11.5 Å². The van der Waals surface area contributed by atoms with Gasteiger partial charge >= 0.3 is 0 Å². The molecule has 1 aromatic heterocycles. The molecule has 0 amide bonds. The SMILES string of the molecule is Cc1c(C=CCCS)cnc(N)c1N. The van der Waals surface area contributed by atoms with Crippen molar-refractivity contribution in [2.75, 3.05) is 17.2 Å². The Labute approximate surface area is 89.6 Å². The smallest absolute Gasteiger partial charge is 0.146 e. The van der Waals surface area contributed by atoms with Crippen molar-refractivity contribution in [1.82, 2.24) is 4.98 Å². The number of hydrogen-bond donors (Lipinski definition) is 3. The van der Waals surface area contributed by atoms with Gasteiger partial charge in [-0.25, -0.2) is 4.98 Å². The summed E-state index contributed by atoms with van der Waals surface area (Å²) in [7, 11) is 0. The van der Waals surface area contributed by atoms with Gasteiger partial charge in [-0.1, -0.05) is 12.2 Å². The summed E-state index contributed by atoms with van der Waals surface area (Å²) >= 11 is 4.12. The standard InChI is InChI=1S/C10H15N3S/c1-7-8(4-2-3-5-14)6-13-10(12)9(7)11/h2,4,6,14H,3,5,11H2,1H3,(H2,12,13). The summed E-state index contributed by atoms with van der Waals surface area (Å²) in [5.41, 5.74) is 13.9. The maximum atomic E-state index is 5.75. The van der Waals surface area contributed by atoms with Gasteiger partial charge in [0.25, 0.3) is 0 Å². The molecule has 4 N–H and O–H groups in total. The van der Waals surface area contributed by atoms with E-state index in [0.717, 1.165) is 23.3 Å². The Morgan fingerprint density at radius 3 is 2.86 bits per heavy atom. The molecule has 0 atom stereocenters. The number of nitrogens with zero attached hydrogens (tertiary/aromatic N) is 1. The van der Waals surface area contributed by atoms with Crippen molar-refractivity contribution in [3.63, 3.8) is 0 Å². The highest BCUT2D eigenvalue weighted by molar-refractivity contribution is 7.80. The Balaban J connectivity index is 2.94. The van der Waals surface area contributed by atoms with Gasteiger partial charge in [-0.05, 0) is 30.2 Å². The third kappa shape index (κ3) is 2.42. The van der Waals surface area contributed by atoms with Gasteiger partial charge in [0.15, 0.2) is 0 Å². The van der Waals surface area contributed by atoms with Crippen LogP contribution in [0.1, 0.15) is 17.5 Å². The molecule has 14 heavy (non-hydrogen) atoms. The molecule has 0 fully saturated rings. The first-order valence-electron chi connectivity index (χ1n) is 4.44. The maximum absolute atomic E-state index is 5.75. The number of anilines is 2. The fourth-order valence-corrected chi connectivity index (χ4v) is 1.26. The highest BCUT2D eigenvalue weighted by atomic mass is 32.1. The lowest BCUT2D eigenvalue weighted by atomic mass is 10.1. The van der Waals surface area contributed by atoms with Crippen LogP contribution in [0.25, 0.3) is 6.08 Å². The molecule has 0 saturated heterocycles. The van der Waals surface area contributed by atoms with Gasteiger partial charge in [0.05, 0.1) is 5.69 Å². The maximum Gasteiger partial charge on any atom is 0.146 e. The van der Waals surface area contributed by atoms with Crippen LogP contribution in [-0.2, 0) is 0 Å². The molecule has 1 rings (SSSR count). The Morgan fingerprint density at radius 1 is 1.50 bits per heavy atom. The average molecular weight is 209 g/mol. The number of allylic oxidation sites excluding steroid dienone is 1. The molecule has 3 nitrogen and oxygen atoms in total. The van der Waals surface area contributed by atoms with E-state index < -0.39 is 0 Å². The molecule has 0 aromatic carbocycles. The Bertz CT molecular complexity index is 347. The van der Waals surface area contributed by atoms with Crippen LogP contribution in [0, 0.1) is 6.92 Å². The lowest BCUT2D eigenvalue weighted by Crippen LogP contribution is -2.01. The molecule has 0 bridgehead atoms. The number of nitrogens with two attached hydrogens (primary N) is 2. The molecule has 0 aliphatic rings. The van der Waals surface area contributed by atoms with Gasteiger partial charge in [0.2, 0.25) is 0 Å². The second-order valence-electron chi connectivity index (χ2n) is 3.05. The number of nitrogen functional groups attached to an aromatic ring is 2. The van der Waals surface area contributed by atoms with Crippen molar-refractivity contribution in [2.24, 2.45) is 0 Å². The van der Waals surface area contributed by atoms with Crippen LogP contribution in [0.15, 0.2) is 12.3 Å². The zero-order valence-electron chi connectivity index (χ0n) is 8.20. The quantitative estimate of drug-likeness (QED) is 0.666. The molecule has 76 valence electrons. The number of rotatable bonds is 3. The highest BCUT2D eigenvalue weighted by Crippen LogP contribution is 2.21. The van der Waals surface area contributed by atoms with E-state index in [4.69, 9.17) is 11.5 Å². The third-order valence-electron chi connectivity index (χ3n) is 2.05. The predicted molar refractivity (Wildman–Crippen MR) is 65.3 cm³/mol. The van der Waals surface area contributed by atoms with E-state index in [1.807, 2.05) is 19.1 Å². The van der Waals surface area contributed by atoms with Crippen LogP contribution in [0.5, 0.6) is 0 Å². The summed E-state index contributed by atoms with van der Waals surface area (Å²) in [6, 6.07) is 0. The first kappa shape index (κ1) is 10.9. The summed E-state index contributed by atoms with van der Waals surface area (Å²) in [5, 5.41) is 0. The molecule has 0 radical (unpaired) electrons. The predicted octanol–water partition coefficient (Wildman–Crippen LogP) is 1.89. The first-order chi connectivity index (χ1) is 6.66. The zero-order chi connectivity index (χ0) is 10.6. The minimum absolute atomic E-state index is 0.397. The van der Waals surface area contributed by atoms with Gasteiger partial charge in [0.1, 0.15) is 5.82 Å². The number of pyridine rings is 1. The summed E-state index contributed by atoms with van der Waals surface area (Å²) in [5.74, 6) is 1.24. The number of hydrogen-bond acceptors (Lipinski definition) is 4. The number of aromatic nitrogens is 1. The largest absolute Gasteiger partial charge is 0.396 e. The van der Waals surface area contributed by atoms with Crippen LogP contribution in [0.2, 0.25) is 0 Å². The van der Waals surface area contributed by atoms with E-state index in [-0.39, 0.29) is 0 Å². The highest BCUT2D eigenvalue weighted by Gasteiger charge is 2.02. The topological polar surface area (TPSA) is 64.9 Å². The normalized spacial score (nSPS) is 11.0. The minimum Gasteiger partial charge on any atom is -0.396 e. The molecular weight excluding hydrogens is 194 g/mol. The lowest BCUT2D eigenvalue weighted by molar-refractivity contribution is 1.25. The van der Waals surface area contributed by atoms with Gasteiger partial charge in [-0.3, -0.25) is 0 Å². The van der Waals surface area contributed by atoms with Crippen LogP contribution < -0.4 is 11.5 Å². The third-order valence-corrected chi connectivity index (χ3v) is 2.31. The second kappa shape index (κ2) is 4.91. The van der Waals surface area contributed by atoms with Gasteiger partial charge in [0, 0.05) is 6.20 Å². The molecule has 0 aliphatic heterocycles. The van der Waals surface area contributed by atoms with E-state index in [0.29, 0.717) is 11.5 Å². The van der Waals surface area contributed by atoms with Crippen molar-refractivity contribution in [1.29, 1.82) is 0 Å². The van der Waals surface area contributed by atoms with E-state index >= 15 is 0 Å². The van der Waals surface area contributed by atoms with E-state index in [1.165, 1.54) is 0 Å². The Kier molecular flexibility index (Phi) is 3.83. The fourth-order valence-electron chi connectivity index (χ4n) is 1.11. The summed E-state index contributed by atoms with van der Waals surface area (Å²) in [4.78, 5) is 4.00. The molecule has 0 saturated carbocycles. The molecule has 0 aliphatic carbocycles. The lowest BCUT2D eigenvalue weighted by Gasteiger charge is -2.05. The zero-order valence-corrected chi connectivity index (χ0v) is 9.09. The monoisotopic (exact) mass is 209 g/mol. The molecule has 0 spiro atoms. The fraction of sp³-hybridized carbons (Fsp3) is 0.300. The molecule has 0 unspecified atom stereocenters. The molecule has 1 aromatic rings. The van der Waals surface area contributed by atoms with Gasteiger partial charge in [-0.2, -0.15) is 12.6 Å². The van der Waals surface area contributed by atoms with Crippen LogP contribution in [0.3, 0.4) is 0 Å².